The number of halogens is 5. The molecule has 0 amide bonds. The van der Waals surface area contributed by atoms with Crippen LogP contribution in [0.15, 0.2) is 45.2 Å². The van der Waals surface area contributed by atoms with Crippen molar-refractivity contribution in [2.45, 2.75) is 10.8 Å². The molecule has 4 nitrogen and oxygen atoms in total. The van der Waals surface area contributed by atoms with Crippen molar-refractivity contribution >= 4 is 23.1 Å². The minimum absolute atomic E-state index is 0.00660. The Hall–Kier alpha value is -2.27. The van der Waals surface area contributed by atoms with Crippen LogP contribution < -0.4 is 0 Å². The average Bonchev–Trinajstić information content (AvgIpc) is 3.26. The van der Waals surface area contributed by atoms with Gasteiger partial charge < -0.3 is 4.52 Å². The van der Waals surface area contributed by atoms with E-state index < -0.39 is 30.0 Å². The van der Waals surface area contributed by atoms with Crippen molar-refractivity contribution in [3.63, 3.8) is 0 Å². The van der Waals surface area contributed by atoms with Crippen LogP contribution >= 0.6 is 23.1 Å². The Bertz CT molecular complexity index is 952. The van der Waals surface area contributed by atoms with Gasteiger partial charge in [0.25, 0.3) is 5.89 Å². The van der Waals surface area contributed by atoms with Crippen LogP contribution in [0.3, 0.4) is 0 Å². The molecule has 0 spiro atoms. The summed E-state index contributed by atoms with van der Waals surface area (Å²) in [6, 6.07) is 3.19. The van der Waals surface area contributed by atoms with Crippen molar-refractivity contribution in [1.29, 1.82) is 0 Å². The fourth-order valence-corrected chi connectivity index (χ4v) is 3.73. The highest BCUT2D eigenvalue weighted by atomic mass is 32.2. The van der Waals surface area contributed by atoms with E-state index in [1.165, 1.54) is 23.6 Å². The zero-order valence-corrected chi connectivity index (χ0v) is 14.3. The van der Waals surface area contributed by atoms with Gasteiger partial charge in [0.1, 0.15) is 0 Å². The Morgan fingerprint density at radius 2 is 1.96 bits per heavy atom. The molecule has 0 saturated carbocycles. The third-order valence-electron chi connectivity index (χ3n) is 3.05. The van der Waals surface area contributed by atoms with E-state index in [1.807, 2.05) is 0 Å². The first kappa shape index (κ1) is 18.5. The Kier molecular flexibility index (Phi) is 5.67. The molecule has 0 fully saturated rings. The van der Waals surface area contributed by atoms with Gasteiger partial charge in [0, 0.05) is 17.7 Å². The number of hydrogen-bond donors (Lipinski definition) is 0. The topological polar surface area (TPSA) is 51.8 Å². The molecule has 0 atom stereocenters. The Morgan fingerprint density at radius 1 is 1.15 bits per heavy atom. The minimum atomic E-state index is -2.32. The van der Waals surface area contributed by atoms with E-state index >= 15 is 0 Å². The summed E-state index contributed by atoms with van der Waals surface area (Å²) in [5.41, 5.74) is 0.220. The first-order valence-corrected chi connectivity index (χ1v) is 8.82. The van der Waals surface area contributed by atoms with E-state index in [0.717, 1.165) is 23.9 Å². The lowest BCUT2D eigenvalue weighted by Gasteiger charge is -1.95. The Labute approximate surface area is 151 Å². The SMILES string of the molecule is FC(F)=C(F)CCSc1ncc(-c2noc(-c3ccc(F)c(F)c3)n2)s1. The fourth-order valence-electron chi connectivity index (χ4n) is 1.82. The van der Waals surface area contributed by atoms with E-state index in [-0.39, 0.29) is 23.0 Å². The summed E-state index contributed by atoms with van der Waals surface area (Å²) in [6.45, 7) is 0. The number of hydrogen-bond acceptors (Lipinski definition) is 6. The Balaban J connectivity index is 1.69. The van der Waals surface area contributed by atoms with Gasteiger partial charge in [-0.3, -0.25) is 0 Å². The molecule has 3 rings (SSSR count). The summed E-state index contributed by atoms with van der Waals surface area (Å²) in [5.74, 6) is -3.17. The number of aromatic nitrogens is 3. The summed E-state index contributed by atoms with van der Waals surface area (Å²) >= 11 is 2.28. The van der Waals surface area contributed by atoms with Gasteiger partial charge in [0.15, 0.2) is 21.8 Å². The maximum absolute atomic E-state index is 13.3. The number of nitrogens with zero attached hydrogens (tertiary/aromatic N) is 3. The third kappa shape index (κ3) is 4.28. The van der Waals surface area contributed by atoms with Crippen molar-refractivity contribution in [2.75, 3.05) is 5.75 Å². The fraction of sp³-hybridized carbons (Fsp3) is 0.133. The summed E-state index contributed by atoms with van der Waals surface area (Å²) in [7, 11) is 0. The van der Waals surface area contributed by atoms with Crippen LogP contribution in [0.1, 0.15) is 6.42 Å². The van der Waals surface area contributed by atoms with Gasteiger partial charge >= 0.3 is 6.08 Å². The number of thiazole rings is 1. The van der Waals surface area contributed by atoms with Gasteiger partial charge in [0.05, 0.1) is 11.1 Å². The molecule has 0 unspecified atom stereocenters. The van der Waals surface area contributed by atoms with Crippen LogP contribution in [0.4, 0.5) is 22.0 Å². The van der Waals surface area contributed by atoms with Crippen molar-refractivity contribution < 1.29 is 26.5 Å². The molecule has 0 aliphatic rings. The molecule has 0 aliphatic carbocycles. The molecule has 2 heterocycles. The molecule has 11 heteroatoms. The van der Waals surface area contributed by atoms with Crippen molar-refractivity contribution in [3.8, 4) is 22.2 Å². The quantitative estimate of drug-likeness (QED) is 0.389. The number of benzene rings is 1. The minimum Gasteiger partial charge on any atom is -0.334 e. The summed E-state index contributed by atoms with van der Waals surface area (Å²) in [5, 5.41) is 3.75. The smallest absolute Gasteiger partial charge is 0.301 e. The molecule has 26 heavy (non-hydrogen) atoms. The van der Waals surface area contributed by atoms with Crippen LogP contribution in [0.5, 0.6) is 0 Å². The zero-order chi connectivity index (χ0) is 18.7. The van der Waals surface area contributed by atoms with Crippen LogP contribution in [0, 0.1) is 11.6 Å². The van der Waals surface area contributed by atoms with Crippen molar-refractivity contribution in [3.05, 3.63) is 47.9 Å². The molecule has 0 aliphatic heterocycles. The molecule has 0 radical (unpaired) electrons. The van der Waals surface area contributed by atoms with Gasteiger partial charge in [-0.25, -0.2) is 18.2 Å². The maximum Gasteiger partial charge on any atom is 0.301 e. The van der Waals surface area contributed by atoms with Crippen LogP contribution in [0.25, 0.3) is 22.2 Å². The van der Waals surface area contributed by atoms with E-state index in [1.54, 1.807) is 0 Å². The van der Waals surface area contributed by atoms with Crippen LogP contribution in [0.2, 0.25) is 0 Å². The van der Waals surface area contributed by atoms with E-state index in [9.17, 15) is 22.0 Å². The van der Waals surface area contributed by atoms with Gasteiger partial charge in [-0.15, -0.1) is 11.3 Å². The lowest BCUT2D eigenvalue weighted by Crippen LogP contribution is -1.85. The molecule has 0 bridgehead atoms. The van der Waals surface area contributed by atoms with Crippen molar-refractivity contribution in [1.82, 2.24) is 15.1 Å². The van der Waals surface area contributed by atoms with Crippen LogP contribution in [-0.2, 0) is 0 Å². The summed E-state index contributed by atoms with van der Waals surface area (Å²) < 4.78 is 68.5. The molecule has 0 N–H and O–H groups in total. The molecular weight excluding hydrogens is 397 g/mol. The first-order valence-electron chi connectivity index (χ1n) is 7.02. The van der Waals surface area contributed by atoms with E-state index in [0.29, 0.717) is 9.22 Å². The summed E-state index contributed by atoms with van der Waals surface area (Å²) in [4.78, 5) is 8.69. The largest absolute Gasteiger partial charge is 0.334 e. The highest BCUT2D eigenvalue weighted by Gasteiger charge is 2.15. The monoisotopic (exact) mass is 405 g/mol. The lowest BCUT2D eigenvalue weighted by atomic mass is 10.2. The molecule has 1 aromatic carbocycles. The second kappa shape index (κ2) is 7.96. The van der Waals surface area contributed by atoms with Gasteiger partial charge in [0.2, 0.25) is 5.82 Å². The Morgan fingerprint density at radius 3 is 2.69 bits per heavy atom. The van der Waals surface area contributed by atoms with Gasteiger partial charge in [-0.1, -0.05) is 16.9 Å². The van der Waals surface area contributed by atoms with Gasteiger partial charge in [-0.2, -0.15) is 13.8 Å². The second-order valence-electron chi connectivity index (χ2n) is 4.81. The lowest BCUT2D eigenvalue weighted by molar-refractivity contribution is 0.373. The van der Waals surface area contributed by atoms with Gasteiger partial charge in [-0.05, 0) is 18.2 Å². The number of thioether (sulfide) groups is 1. The second-order valence-corrected chi connectivity index (χ2v) is 7.18. The maximum atomic E-state index is 13.3. The predicted octanol–water partition coefficient (Wildman–Crippen LogP) is 5.70. The highest BCUT2D eigenvalue weighted by Crippen LogP contribution is 2.32. The average molecular weight is 405 g/mol. The molecule has 2 aromatic heterocycles. The van der Waals surface area contributed by atoms with E-state index in [4.69, 9.17) is 4.52 Å². The normalized spacial score (nSPS) is 11.0. The molecule has 136 valence electrons. The molecule has 3 aromatic rings. The summed E-state index contributed by atoms with van der Waals surface area (Å²) in [6.07, 6.45) is -1.26. The standard InChI is InChI=1S/C15H8F5N3OS2/c16-8-2-1-7(5-10(8)18)14-22-13(23-24-14)11-6-21-15(26-11)25-4-3-9(17)12(19)20/h1-2,5-6H,3-4H2. The molecule has 0 saturated heterocycles. The predicted molar refractivity (Wildman–Crippen MR) is 86.4 cm³/mol. The zero-order valence-electron chi connectivity index (χ0n) is 12.7. The van der Waals surface area contributed by atoms with Crippen LogP contribution in [-0.4, -0.2) is 20.9 Å². The number of rotatable bonds is 6. The highest BCUT2D eigenvalue weighted by molar-refractivity contribution is 8.01. The number of allylic oxidation sites excluding steroid dienone is 1. The third-order valence-corrected chi connectivity index (χ3v) is 5.20. The first-order chi connectivity index (χ1) is 12.4. The van der Waals surface area contributed by atoms with Crippen molar-refractivity contribution in [2.24, 2.45) is 0 Å². The molecular formula is C15H8F5N3OS2. The van der Waals surface area contributed by atoms with E-state index in [2.05, 4.69) is 15.1 Å².